The first-order chi connectivity index (χ1) is 13.5. The van der Waals surface area contributed by atoms with Crippen LogP contribution in [0.3, 0.4) is 0 Å². The number of ether oxygens (including phenoxy) is 2. The fourth-order valence-electron chi connectivity index (χ4n) is 3.21. The van der Waals surface area contributed by atoms with E-state index < -0.39 is 5.63 Å². The number of halogens is 1. The molecule has 1 aromatic carbocycles. The minimum absolute atomic E-state index is 0.00293. The van der Waals surface area contributed by atoms with Crippen LogP contribution >= 0.6 is 15.9 Å². The number of hydrogen-bond donors (Lipinski definition) is 0. The van der Waals surface area contributed by atoms with E-state index in [9.17, 15) is 9.59 Å². The van der Waals surface area contributed by atoms with Gasteiger partial charge in [-0.25, -0.2) is 9.78 Å². The van der Waals surface area contributed by atoms with Gasteiger partial charge in [-0.05, 0) is 34.1 Å². The Kier molecular flexibility index (Phi) is 5.04. The number of hydrogen-bond acceptors (Lipinski definition) is 6. The van der Waals surface area contributed by atoms with Crippen LogP contribution in [0.15, 0.2) is 56.3 Å². The molecule has 0 aliphatic carbocycles. The van der Waals surface area contributed by atoms with Gasteiger partial charge in [-0.2, -0.15) is 0 Å². The summed E-state index contributed by atoms with van der Waals surface area (Å²) >= 11 is 3.33. The molecule has 0 saturated carbocycles. The second-order valence-electron chi connectivity index (χ2n) is 6.42. The molecule has 4 rings (SSSR count). The number of nitrogens with zero attached hydrogens (tertiary/aromatic N) is 2. The van der Waals surface area contributed by atoms with Gasteiger partial charge in [0.2, 0.25) is 5.88 Å². The maximum atomic E-state index is 12.9. The Hall–Kier alpha value is -2.87. The molecule has 1 saturated heterocycles. The highest BCUT2D eigenvalue weighted by Gasteiger charge is 2.30. The molecule has 8 heteroatoms. The predicted molar refractivity (Wildman–Crippen MR) is 106 cm³/mol. The Balaban J connectivity index is 1.52. The van der Waals surface area contributed by atoms with Crippen molar-refractivity contribution in [1.82, 2.24) is 9.88 Å². The molecule has 1 amide bonds. The molecule has 1 aliphatic rings. The number of fused-ring (bicyclic) bond motifs is 1. The minimum Gasteiger partial charge on any atom is -0.493 e. The van der Waals surface area contributed by atoms with E-state index in [1.807, 2.05) is 6.07 Å². The Labute approximate surface area is 169 Å². The summed E-state index contributed by atoms with van der Waals surface area (Å²) in [5, 5.41) is 0.633. The second kappa shape index (κ2) is 7.63. The van der Waals surface area contributed by atoms with Crippen molar-refractivity contribution in [3.63, 3.8) is 0 Å². The number of pyridine rings is 1. The van der Waals surface area contributed by atoms with Crippen molar-refractivity contribution in [2.75, 3.05) is 20.2 Å². The summed E-state index contributed by atoms with van der Waals surface area (Å²) in [7, 11) is 1.50. The summed E-state index contributed by atoms with van der Waals surface area (Å²) in [6.07, 6.45) is 2.14. The van der Waals surface area contributed by atoms with E-state index in [0.29, 0.717) is 42.1 Å². The van der Waals surface area contributed by atoms with Gasteiger partial charge in [0.05, 0.1) is 13.7 Å². The number of amides is 1. The molecular formula is C20H17BrN2O5. The van der Waals surface area contributed by atoms with Crippen LogP contribution in [0.1, 0.15) is 16.8 Å². The van der Waals surface area contributed by atoms with Crippen molar-refractivity contribution in [2.24, 2.45) is 0 Å². The van der Waals surface area contributed by atoms with Crippen LogP contribution < -0.4 is 15.1 Å². The molecule has 3 aromatic rings. The first kappa shape index (κ1) is 18.5. The quantitative estimate of drug-likeness (QED) is 0.574. The Morgan fingerprint density at radius 2 is 2.18 bits per heavy atom. The minimum atomic E-state index is -0.680. The van der Waals surface area contributed by atoms with E-state index in [0.717, 1.165) is 4.47 Å². The van der Waals surface area contributed by atoms with Crippen molar-refractivity contribution in [1.29, 1.82) is 0 Å². The van der Waals surface area contributed by atoms with Crippen molar-refractivity contribution in [2.45, 2.75) is 12.5 Å². The number of carbonyl (C=O) groups is 1. The molecule has 28 heavy (non-hydrogen) atoms. The van der Waals surface area contributed by atoms with E-state index in [1.54, 1.807) is 41.4 Å². The number of benzene rings is 1. The molecule has 0 spiro atoms. The fraction of sp³-hybridized carbons (Fsp3) is 0.250. The van der Waals surface area contributed by atoms with Crippen molar-refractivity contribution < 1.29 is 18.7 Å². The van der Waals surface area contributed by atoms with E-state index in [4.69, 9.17) is 13.9 Å². The number of rotatable bonds is 4. The monoisotopic (exact) mass is 444 g/mol. The fourth-order valence-corrected chi connectivity index (χ4v) is 3.44. The molecule has 1 fully saturated rings. The lowest BCUT2D eigenvalue weighted by atomic mass is 10.1. The highest BCUT2D eigenvalue weighted by molar-refractivity contribution is 9.10. The van der Waals surface area contributed by atoms with Crippen LogP contribution in [0, 0.1) is 0 Å². The first-order valence-corrected chi connectivity index (χ1v) is 9.53. The van der Waals surface area contributed by atoms with Gasteiger partial charge in [0.15, 0.2) is 11.3 Å². The number of para-hydroxylation sites is 1. The van der Waals surface area contributed by atoms with Gasteiger partial charge in [-0.1, -0.05) is 12.1 Å². The molecule has 1 unspecified atom stereocenters. The lowest BCUT2D eigenvalue weighted by Gasteiger charge is -2.16. The zero-order valence-corrected chi connectivity index (χ0v) is 16.6. The maximum Gasteiger partial charge on any atom is 0.349 e. The number of aromatic nitrogens is 1. The lowest BCUT2D eigenvalue weighted by molar-refractivity contribution is 0.0767. The summed E-state index contributed by atoms with van der Waals surface area (Å²) in [5.41, 5.74) is -0.348. The smallest absolute Gasteiger partial charge is 0.349 e. The van der Waals surface area contributed by atoms with Crippen molar-refractivity contribution >= 4 is 32.8 Å². The van der Waals surface area contributed by atoms with Crippen molar-refractivity contribution in [3.05, 3.63) is 63.1 Å². The van der Waals surface area contributed by atoms with Gasteiger partial charge in [0.25, 0.3) is 5.91 Å². The van der Waals surface area contributed by atoms with Crippen LogP contribution in [-0.2, 0) is 0 Å². The van der Waals surface area contributed by atoms with Crippen LogP contribution in [0.5, 0.6) is 11.6 Å². The Bertz CT molecular complexity index is 1080. The summed E-state index contributed by atoms with van der Waals surface area (Å²) in [6, 6.07) is 10.4. The zero-order chi connectivity index (χ0) is 19.7. The third kappa shape index (κ3) is 3.60. The average Bonchev–Trinajstić information content (AvgIpc) is 3.17. The van der Waals surface area contributed by atoms with Crippen LogP contribution in [0.25, 0.3) is 11.0 Å². The summed E-state index contributed by atoms with van der Waals surface area (Å²) in [4.78, 5) is 31.0. The average molecular weight is 445 g/mol. The summed E-state index contributed by atoms with van der Waals surface area (Å²) < 4.78 is 17.3. The molecule has 0 radical (unpaired) electrons. The maximum absolute atomic E-state index is 12.9. The molecule has 1 aliphatic heterocycles. The molecule has 0 bridgehead atoms. The normalized spacial score (nSPS) is 16.4. The summed E-state index contributed by atoms with van der Waals surface area (Å²) in [5.74, 6) is 0.582. The Morgan fingerprint density at radius 1 is 1.32 bits per heavy atom. The highest BCUT2D eigenvalue weighted by atomic mass is 79.9. The van der Waals surface area contributed by atoms with E-state index in [1.165, 1.54) is 7.11 Å². The largest absolute Gasteiger partial charge is 0.493 e. The third-order valence-electron chi connectivity index (χ3n) is 4.59. The molecule has 7 nitrogen and oxygen atoms in total. The van der Waals surface area contributed by atoms with Crippen molar-refractivity contribution in [3.8, 4) is 11.6 Å². The predicted octanol–water partition coefficient (Wildman–Crippen LogP) is 3.25. The van der Waals surface area contributed by atoms with Gasteiger partial charge < -0.3 is 18.8 Å². The van der Waals surface area contributed by atoms with Gasteiger partial charge in [-0.3, -0.25) is 4.79 Å². The topological polar surface area (TPSA) is 81.9 Å². The number of methoxy groups -OCH3 is 1. The van der Waals surface area contributed by atoms with E-state index in [-0.39, 0.29) is 17.6 Å². The molecule has 144 valence electrons. The lowest BCUT2D eigenvalue weighted by Crippen LogP contribution is -2.33. The highest BCUT2D eigenvalue weighted by Crippen LogP contribution is 2.25. The molecular weight excluding hydrogens is 428 g/mol. The third-order valence-corrected chi connectivity index (χ3v) is 5.06. The van der Waals surface area contributed by atoms with Gasteiger partial charge in [0, 0.05) is 35.1 Å². The van der Waals surface area contributed by atoms with Gasteiger partial charge in [-0.15, -0.1) is 0 Å². The number of carbonyl (C=O) groups excluding carboxylic acids is 1. The van der Waals surface area contributed by atoms with E-state index in [2.05, 4.69) is 20.9 Å². The second-order valence-corrected chi connectivity index (χ2v) is 7.34. The van der Waals surface area contributed by atoms with Crippen LogP contribution in [-0.4, -0.2) is 42.1 Å². The first-order valence-electron chi connectivity index (χ1n) is 8.73. The zero-order valence-electron chi connectivity index (χ0n) is 15.1. The standard InChI is InChI=1S/C20H17BrN2O5/c1-26-16-4-2-3-12-9-15(20(25)28-18(12)16)19(24)23-8-7-14(11-23)27-17-6-5-13(21)10-22-17/h2-6,9-10,14H,7-8,11H2,1H3. The van der Waals surface area contributed by atoms with Crippen LogP contribution in [0.4, 0.5) is 0 Å². The van der Waals surface area contributed by atoms with Gasteiger partial charge in [0.1, 0.15) is 11.7 Å². The number of likely N-dealkylation sites (tertiary alicyclic amines) is 1. The Morgan fingerprint density at radius 3 is 2.93 bits per heavy atom. The van der Waals surface area contributed by atoms with Gasteiger partial charge >= 0.3 is 5.63 Å². The SMILES string of the molecule is COc1cccc2cc(C(=O)N3CCC(Oc4ccc(Br)cn4)C3)c(=O)oc12. The molecule has 1 atom stereocenters. The molecule has 0 N–H and O–H groups in total. The molecule has 3 heterocycles. The van der Waals surface area contributed by atoms with E-state index >= 15 is 0 Å². The summed E-state index contributed by atoms with van der Waals surface area (Å²) in [6.45, 7) is 0.877. The molecule has 2 aromatic heterocycles. The van der Waals surface area contributed by atoms with Crippen LogP contribution in [0.2, 0.25) is 0 Å².